The third-order valence-electron chi connectivity index (χ3n) is 4.68. The Labute approximate surface area is 181 Å². The molecule has 0 atom stereocenters. The standard InChI is InChI=1S/C22H16N6O2S/c1-14-9-10-16(12-17(14)28-13-23-26-27-28)24-21(29)20-19(15-6-3-2-4-7-15)25-22(31-20)18-8-5-11-30-18/h2-13H,1H3,(H,24,29). The number of aromatic nitrogens is 5. The van der Waals surface area contributed by atoms with Crippen LogP contribution in [0.25, 0.3) is 27.7 Å². The van der Waals surface area contributed by atoms with Crippen LogP contribution < -0.4 is 5.32 Å². The molecule has 8 nitrogen and oxygen atoms in total. The van der Waals surface area contributed by atoms with Gasteiger partial charge < -0.3 is 9.73 Å². The molecular formula is C22H16N6O2S. The fourth-order valence-corrected chi connectivity index (χ4v) is 4.12. The van der Waals surface area contributed by atoms with Gasteiger partial charge in [-0.2, -0.15) is 0 Å². The molecule has 31 heavy (non-hydrogen) atoms. The minimum Gasteiger partial charge on any atom is -0.462 e. The molecule has 3 heterocycles. The van der Waals surface area contributed by atoms with Gasteiger partial charge in [0.15, 0.2) is 10.8 Å². The smallest absolute Gasteiger partial charge is 0.268 e. The molecule has 1 N–H and O–H groups in total. The minimum atomic E-state index is -0.249. The van der Waals surface area contributed by atoms with Crippen molar-refractivity contribution in [1.82, 2.24) is 25.2 Å². The fourth-order valence-electron chi connectivity index (χ4n) is 3.16. The highest BCUT2D eigenvalue weighted by atomic mass is 32.1. The Balaban J connectivity index is 1.51. The van der Waals surface area contributed by atoms with Crippen molar-refractivity contribution >= 4 is 22.9 Å². The van der Waals surface area contributed by atoms with Crippen molar-refractivity contribution in [1.29, 1.82) is 0 Å². The molecule has 5 rings (SSSR count). The van der Waals surface area contributed by atoms with Gasteiger partial charge in [-0.05, 0) is 47.2 Å². The molecule has 0 aliphatic carbocycles. The lowest BCUT2D eigenvalue weighted by atomic mass is 10.1. The monoisotopic (exact) mass is 428 g/mol. The molecular weight excluding hydrogens is 412 g/mol. The zero-order valence-electron chi connectivity index (χ0n) is 16.4. The highest BCUT2D eigenvalue weighted by Crippen LogP contribution is 2.34. The third kappa shape index (κ3) is 3.74. The Kier molecular flexibility index (Phi) is 4.85. The molecule has 0 unspecified atom stereocenters. The van der Waals surface area contributed by atoms with Crippen LogP contribution in [0.4, 0.5) is 5.69 Å². The van der Waals surface area contributed by atoms with Crippen LogP contribution in [0.2, 0.25) is 0 Å². The summed E-state index contributed by atoms with van der Waals surface area (Å²) in [5.41, 5.74) is 3.87. The highest BCUT2D eigenvalue weighted by Gasteiger charge is 2.21. The molecule has 0 radical (unpaired) electrons. The average molecular weight is 428 g/mol. The van der Waals surface area contributed by atoms with Crippen LogP contribution in [0, 0.1) is 6.92 Å². The second-order valence-corrected chi connectivity index (χ2v) is 7.75. The van der Waals surface area contributed by atoms with E-state index in [0.29, 0.717) is 27.0 Å². The summed E-state index contributed by atoms with van der Waals surface area (Å²) in [6.45, 7) is 1.95. The van der Waals surface area contributed by atoms with Gasteiger partial charge >= 0.3 is 0 Å². The Bertz CT molecular complexity index is 1330. The van der Waals surface area contributed by atoms with Crippen molar-refractivity contribution < 1.29 is 9.21 Å². The lowest BCUT2D eigenvalue weighted by molar-refractivity contribution is 0.103. The van der Waals surface area contributed by atoms with Crippen molar-refractivity contribution in [3.05, 3.63) is 83.7 Å². The van der Waals surface area contributed by atoms with Crippen LogP contribution in [-0.2, 0) is 0 Å². The van der Waals surface area contributed by atoms with E-state index in [1.54, 1.807) is 17.0 Å². The number of hydrogen-bond donors (Lipinski definition) is 1. The van der Waals surface area contributed by atoms with Crippen molar-refractivity contribution in [3.63, 3.8) is 0 Å². The first-order valence-corrected chi connectivity index (χ1v) is 10.3. The zero-order valence-corrected chi connectivity index (χ0v) is 17.2. The van der Waals surface area contributed by atoms with Gasteiger partial charge in [-0.3, -0.25) is 4.79 Å². The Morgan fingerprint density at radius 1 is 1.10 bits per heavy atom. The fraction of sp³-hybridized carbons (Fsp3) is 0.0455. The number of tetrazole rings is 1. The number of carbonyl (C=O) groups is 1. The number of thiazole rings is 1. The number of amides is 1. The maximum Gasteiger partial charge on any atom is 0.268 e. The van der Waals surface area contributed by atoms with Crippen molar-refractivity contribution in [2.75, 3.05) is 5.32 Å². The van der Waals surface area contributed by atoms with Crippen LogP contribution in [0.15, 0.2) is 77.7 Å². The van der Waals surface area contributed by atoms with Gasteiger partial charge in [0.25, 0.3) is 5.91 Å². The second-order valence-electron chi connectivity index (χ2n) is 6.75. The first-order valence-electron chi connectivity index (χ1n) is 9.44. The number of rotatable bonds is 5. The minimum absolute atomic E-state index is 0.249. The second kappa shape index (κ2) is 7.96. The summed E-state index contributed by atoms with van der Waals surface area (Å²) in [6, 6.07) is 18.8. The maximum atomic E-state index is 13.3. The van der Waals surface area contributed by atoms with Crippen LogP contribution in [-0.4, -0.2) is 31.1 Å². The van der Waals surface area contributed by atoms with E-state index in [1.165, 1.54) is 17.7 Å². The van der Waals surface area contributed by atoms with Gasteiger partial charge in [0, 0.05) is 11.3 Å². The summed E-state index contributed by atoms with van der Waals surface area (Å²) in [4.78, 5) is 18.4. The van der Waals surface area contributed by atoms with Gasteiger partial charge in [0.1, 0.15) is 11.2 Å². The number of hydrogen-bond acceptors (Lipinski definition) is 7. The van der Waals surface area contributed by atoms with E-state index in [2.05, 4.69) is 20.8 Å². The van der Waals surface area contributed by atoms with E-state index in [4.69, 9.17) is 9.40 Å². The first-order chi connectivity index (χ1) is 15.2. The molecule has 0 spiro atoms. The van der Waals surface area contributed by atoms with Gasteiger partial charge in [0.2, 0.25) is 0 Å². The van der Waals surface area contributed by atoms with Crippen LogP contribution in [0.5, 0.6) is 0 Å². The van der Waals surface area contributed by atoms with Gasteiger partial charge in [-0.1, -0.05) is 36.4 Å². The first kappa shape index (κ1) is 18.9. The molecule has 0 fully saturated rings. The lowest BCUT2D eigenvalue weighted by Crippen LogP contribution is -2.12. The molecule has 0 aliphatic rings. The molecule has 0 saturated heterocycles. The number of nitrogens with one attached hydrogen (secondary N) is 1. The third-order valence-corrected chi connectivity index (χ3v) is 5.74. The number of nitrogens with zero attached hydrogens (tertiary/aromatic N) is 5. The quantitative estimate of drug-likeness (QED) is 0.439. The summed E-state index contributed by atoms with van der Waals surface area (Å²) in [6.07, 6.45) is 3.10. The maximum absolute atomic E-state index is 13.3. The number of benzene rings is 2. The number of carbonyl (C=O) groups excluding carboxylic acids is 1. The van der Waals surface area contributed by atoms with E-state index in [1.807, 2.05) is 61.5 Å². The van der Waals surface area contributed by atoms with Gasteiger partial charge in [-0.15, -0.1) is 16.4 Å². The summed E-state index contributed by atoms with van der Waals surface area (Å²) >= 11 is 1.29. The predicted molar refractivity (Wildman–Crippen MR) is 117 cm³/mol. The highest BCUT2D eigenvalue weighted by molar-refractivity contribution is 7.17. The summed E-state index contributed by atoms with van der Waals surface area (Å²) < 4.78 is 7.04. The van der Waals surface area contributed by atoms with E-state index < -0.39 is 0 Å². The number of furan rings is 1. The normalized spacial score (nSPS) is 10.9. The van der Waals surface area contributed by atoms with Crippen LogP contribution >= 0.6 is 11.3 Å². The number of aryl methyl sites for hydroxylation is 1. The molecule has 5 aromatic rings. The van der Waals surface area contributed by atoms with E-state index in [9.17, 15) is 4.79 Å². The van der Waals surface area contributed by atoms with Gasteiger partial charge in [0.05, 0.1) is 17.6 Å². The molecule has 0 bridgehead atoms. The molecule has 2 aromatic carbocycles. The molecule has 1 amide bonds. The number of anilines is 1. The molecule has 0 aliphatic heterocycles. The molecule has 0 saturated carbocycles. The SMILES string of the molecule is Cc1ccc(NC(=O)c2sc(-c3ccco3)nc2-c2ccccc2)cc1-n1cnnn1. The van der Waals surface area contributed by atoms with Crippen molar-refractivity contribution in [2.24, 2.45) is 0 Å². The summed E-state index contributed by atoms with van der Waals surface area (Å²) in [7, 11) is 0. The predicted octanol–water partition coefficient (Wildman–Crippen LogP) is 4.61. The topological polar surface area (TPSA) is 98.7 Å². The largest absolute Gasteiger partial charge is 0.462 e. The molecule has 152 valence electrons. The zero-order chi connectivity index (χ0) is 21.2. The van der Waals surface area contributed by atoms with Crippen molar-refractivity contribution in [2.45, 2.75) is 6.92 Å². The summed E-state index contributed by atoms with van der Waals surface area (Å²) in [5.74, 6) is 0.373. The van der Waals surface area contributed by atoms with Crippen molar-refractivity contribution in [3.8, 4) is 27.7 Å². The Morgan fingerprint density at radius 3 is 2.71 bits per heavy atom. The molecule has 3 aromatic heterocycles. The Hall–Kier alpha value is -4.11. The van der Waals surface area contributed by atoms with E-state index in [0.717, 1.165) is 16.8 Å². The summed E-state index contributed by atoms with van der Waals surface area (Å²) in [5, 5.41) is 14.9. The van der Waals surface area contributed by atoms with Gasteiger partial charge in [-0.25, -0.2) is 9.67 Å². The molecule has 9 heteroatoms. The lowest BCUT2D eigenvalue weighted by Gasteiger charge is -2.09. The van der Waals surface area contributed by atoms with E-state index >= 15 is 0 Å². The Morgan fingerprint density at radius 2 is 1.97 bits per heavy atom. The van der Waals surface area contributed by atoms with Crippen LogP contribution in [0.3, 0.4) is 0 Å². The van der Waals surface area contributed by atoms with Crippen LogP contribution in [0.1, 0.15) is 15.2 Å². The average Bonchev–Trinajstić information content (AvgIpc) is 3.56. The van der Waals surface area contributed by atoms with E-state index in [-0.39, 0.29) is 5.91 Å².